The number of nitrogens with zero attached hydrogens (tertiary/aromatic N) is 1. The minimum Gasteiger partial charge on any atom is -0.341 e. The molecule has 2 aromatic carbocycles. The standard InChI is InChI=1S/C17H15NO/c1-12-15-10-14(13-6-4-3-5-7-13)8-9-16(15)18(2)17(12)11-19/h3-11H,1-2H3. The molecule has 0 saturated heterocycles. The summed E-state index contributed by atoms with van der Waals surface area (Å²) < 4.78 is 1.95. The molecule has 3 aromatic rings. The highest BCUT2D eigenvalue weighted by molar-refractivity contribution is 5.95. The second-order valence-corrected chi connectivity index (χ2v) is 4.79. The highest BCUT2D eigenvalue weighted by Crippen LogP contribution is 2.29. The molecule has 19 heavy (non-hydrogen) atoms. The predicted molar refractivity (Wildman–Crippen MR) is 78.5 cm³/mol. The quantitative estimate of drug-likeness (QED) is 0.630. The van der Waals surface area contributed by atoms with Gasteiger partial charge in [-0.05, 0) is 35.7 Å². The van der Waals surface area contributed by atoms with E-state index in [1.165, 1.54) is 11.1 Å². The maximum absolute atomic E-state index is 11.2. The van der Waals surface area contributed by atoms with E-state index in [4.69, 9.17) is 0 Å². The van der Waals surface area contributed by atoms with Crippen LogP contribution in [0.15, 0.2) is 48.5 Å². The molecule has 2 nitrogen and oxygen atoms in total. The minimum atomic E-state index is 0.750. The van der Waals surface area contributed by atoms with Crippen molar-refractivity contribution in [2.24, 2.45) is 7.05 Å². The summed E-state index contributed by atoms with van der Waals surface area (Å²) in [6.45, 7) is 2.00. The monoisotopic (exact) mass is 249 g/mol. The van der Waals surface area contributed by atoms with Gasteiger partial charge < -0.3 is 4.57 Å². The van der Waals surface area contributed by atoms with Crippen LogP contribution in [-0.2, 0) is 7.05 Å². The molecule has 1 aromatic heterocycles. The van der Waals surface area contributed by atoms with E-state index < -0.39 is 0 Å². The van der Waals surface area contributed by atoms with E-state index in [0.717, 1.165) is 28.4 Å². The maximum Gasteiger partial charge on any atom is 0.166 e. The van der Waals surface area contributed by atoms with Crippen LogP contribution >= 0.6 is 0 Å². The van der Waals surface area contributed by atoms with Crippen LogP contribution in [0.4, 0.5) is 0 Å². The normalized spacial score (nSPS) is 10.8. The number of benzene rings is 2. The Labute approximate surface area is 112 Å². The number of hydrogen-bond donors (Lipinski definition) is 0. The maximum atomic E-state index is 11.2. The molecule has 0 unspecified atom stereocenters. The van der Waals surface area contributed by atoms with Crippen LogP contribution in [0.5, 0.6) is 0 Å². The topological polar surface area (TPSA) is 22.0 Å². The van der Waals surface area contributed by atoms with Crippen molar-refractivity contribution in [3.8, 4) is 11.1 Å². The van der Waals surface area contributed by atoms with Crippen molar-refractivity contribution in [3.05, 3.63) is 59.8 Å². The number of carbonyl (C=O) groups excluding carboxylic acids is 1. The lowest BCUT2D eigenvalue weighted by Crippen LogP contribution is -1.94. The molecule has 0 amide bonds. The highest BCUT2D eigenvalue weighted by atomic mass is 16.1. The van der Waals surface area contributed by atoms with Crippen LogP contribution in [0.2, 0.25) is 0 Å². The first-order valence-corrected chi connectivity index (χ1v) is 6.32. The molecule has 0 saturated carbocycles. The van der Waals surface area contributed by atoms with Gasteiger partial charge in [0, 0.05) is 18.0 Å². The van der Waals surface area contributed by atoms with Crippen molar-refractivity contribution in [2.45, 2.75) is 6.92 Å². The Morgan fingerprint density at radius 3 is 2.42 bits per heavy atom. The third-order valence-corrected chi connectivity index (χ3v) is 3.73. The van der Waals surface area contributed by atoms with Gasteiger partial charge >= 0.3 is 0 Å². The first kappa shape index (κ1) is 11.7. The van der Waals surface area contributed by atoms with Crippen molar-refractivity contribution in [2.75, 3.05) is 0 Å². The van der Waals surface area contributed by atoms with Crippen molar-refractivity contribution < 1.29 is 4.79 Å². The molecule has 3 rings (SSSR count). The van der Waals surface area contributed by atoms with Gasteiger partial charge in [0.05, 0.1) is 5.69 Å². The third-order valence-electron chi connectivity index (χ3n) is 3.73. The molecule has 0 atom stereocenters. The van der Waals surface area contributed by atoms with Crippen molar-refractivity contribution >= 4 is 17.2 Å². The van der Waals surface area contributed by atoms with Gasteiger partial charge in [-0.3, -0.25) is 4.79 Å². The molecule has 0 radical (unpaired) electrons. The summed E-state index contributed by atoms with van der Waals surface area (Å²) in [7, 11) is 1.93. The molecule has 1 heterocycles. The van der Waals surface area contributed by atoms with Crippen LogP contribution in [-0.4, -0.2) is 10.9 Å². The zero-order valence-corrected chi connectivity index (χ0v) is 11.1. The molecule has 0 aliphatic heterocycles. The van der Waals surface area contributed by atoms with E-state index in [1.807, 2.05) is 36.7 Å². The van der Waals surface area contributed by atoms with E-state index in [0.29, 0.717) is 0 Å². The van der Waals surface area contributed by atoms with Gasteiger partial charge in [-0.1, -0.05) is 36.4 Å². The molecular weight excluding hydrogens is 234 g/mol. The lowest BCUT2D eigenvalue weighted by molar-refractivity contribution is 0.111. The van der Waals surface area contributed by atoms with E-state index >= 15 is 0 Å². The Bertz CT molecular complexity index is 754. The van der Waals surface area contributed by atoms with Gasteiger partial charge in [-0.2, -0.15) is 0 Å². The average molecular weight is 249 g/mol. The largest absolute Gasteiger partial charge is 0.341 e. The smallest absolute Gasteiger partial charge is 0.166 e. The summed E-state index contributed by atoms with van der Waals surface area (Å²) in [6, 6.07) is 16.6. The van der Waals surface area contributed by atoms with Crippen molar-refractivity contribution in [3.63, 3.8) is 0 Å². The fourth-order valence-electron chi connectivity index (χ4n) is 2.63. The van der Waals surface area contributed by atoms with Gasteiger partial charge in [0.15, 0.2) is 6.29 Å². The molecule has 0 N–H and O–H groups in total. The highest BCUT2D eigenvalue weighted by Gasteiger charge is 2.11. The van der Waals surface area contributed by atoms with Gasteiger partial charge in [-0.15, -0.1) is 0 Å². The summed E-state index contributed by atoms with van der Waals surface area (Å²) in [4.78, 5) is 11.2. The number of rotatable bonds is 2. The number of hydrogen-bond acceptors (Lipinski definition) is 1. The molecule has 94 valence electrons. The molecule has 0 bridgehead atoms. The first-order valence-electron chi connectivity index (χ1n) is 6.32. The van der Waals surface area contributed by atoms with Gasteiger partial charge in [0.25, 0.3) is 0 Å². The van der Waals surface area contributed by atoms with Crippen LogP contribution in [0.25, 0.3) is 22.0 Å². The molecule has 0 fully saturated rings. The fraction of sp³-hybridized carbons (Fsp3) is 0.118. The number of aromatic nitrogens is 1. The molecule has 0 spiro atoms. The number of fused-ring (bicyclic) bond motifs is 1. The zero-order valence-electron chi connectivity index (χ0n) is 11.1. The van der Waals surface area contributed by atoms with E-state index in [9.17, 15) is 4.79 Å². The summed E-state index contributed by atoms with van der Waals surface area (Å²) in [5.74, 6) is 0. The van der Waals surface area contributed by atoms with Crippen LogP contribution in [0.1, 0.15) is 16.1 Å². The van der Waals surface area contributed by atoms with E-state index in [2.05, 4.69) is 30.3 Å². The number of aldehydes is 1. The van der Waals surface area contributed by atoms with Gasteiger partial charge in [0.1, 0.15) is 0 Å². The summed E-state index contributed by atoms with van der Waals surface area (Å²) in [6.07, 6.45) is 0.928. The Hall–Kier alpha value is -2.35. The number of aryl methyl sites for hydroxylation is 2. The van der Waals surface area contributed by atoms with E-state index in [-0.39, 0.29) is 0 Å². The third kappa shape index (κ3) is 1.76. The fourth-order valence-corrected chi connectivity index (χ4v) is 2.63. The van der Waals surface area contributed by atoms with E-state index in [1.54, 1.807) is 0 Å². The van der Waals surface area contributed by atoms with Crippen LogP contribution in [0, 0.1) is 6.92 Å². The summed E-state index contributed by atoms with van der Waals surface area (Å²) >= 11 is 0. The zero-order chi connectivity index (χ0) is 13.4. The summed E-state index contributed by atoms with van der Waals surface area (Å²) in [5, 5.41) is 1.14. The van der Waals surface area contributed by atoms with Gasteiger partial charge in [-0.25, -0.2) is 0 Å². The molecule has 0 aliphatic carbocycles. The Kier molecular flexibility index (Phi) is 2.71. The minimum absolute atomic E-state index is 0.750. The molecule has 2 heteroatoms. The Morgan fingerprint density at radius 2 is 1.74 bits per heavy atom. The second-order valence-electron chi connectivity index (χ2n) is 4.79. The first-order chi connectivity index (χ1) is 9.22. The van der Waals surface area contributed by atoms with Crippen LogP contribution in [0.3, 0.4) is 0 Å². The lowest BCUT2D eigenvalue weighted by Gasteiger charge is -2.03. The van der Waals surface area contributed by atoms with Crippen molar-refractivity contribution in [1.82, 2.24) is 4.57 Å². The Balaban J connectivity index is 2.27. The lowest BCUT2D eigenvalue weighted by atomic mass is 10.0. The average Bonchev–Trinajstić information content (AvgIpc) is 2.71. The molecular formula is C17H15NO. The second kappa shape index (κ2) is 4.39. The Morgan fingerprint density at radius 1 is 1.00 bits per heavy atom. The van der Waals surface area contributed by atoms with Crippen molar-refractivity contribution in [1.29, 1.82) is 0 Å². The summed E-state index contributed by atoms with van der Waals surface area (Å²) in [5.41, 5.74) is 5.27. The molecule has 0 aliphatic rings. The van der Waals surface area contributed by atoms with Gasteiger partial charge in [0.2, 0.25) is 0 Å². The van der Waals surface area contributed by atoms with Crippen LogP contribution < -0.4 is 0 Å². The SMILES string of the molecule is Cc1c(C=O)n(C)c2ccc(-c3ccccc3)cc12. The number of carbonyl (C=O) groups is 1. The predicted octanol–water partition coefficient (Wildman–Crippen LogP) is 3.97.